The lowest BCUT2D eigenvalue weighted by Crippen LogP contribution is -2.32. The lowest BCUT2D eigenvalue weighted by Gasteiger charge is -2.17. The minimum Gasteiger partial charge on any atom is -0.472 e. The normalized spacial score (nSPS) is 19.2. The molecule has 3 rings (SSSR count). The number of hydrogen-bond acceptors (Lipinski definition) is 5. The second-order valence-corrected chi connectivity index (χ2v) is 7.16. The minimum absolute atomic E-state index is 0.0195. The third-order valence-electron chi connectivity index (χ3n) is 3.53. The number of sulfonamides is 1. The Morgan fingerprint density at radius 1 is 1.18 bits per heavy atom. The van der Waals surface area contributed by atoms with E-state index >= 15 is 0 Å². The molecule has 1 aliphatic rings. The van der Waals surface area contributed by atoms with E-state index in [4.69, 9.17) is 4.74 Å². The summed E-state index contributed by atoms with van der Waals surface area (Å²) in [5, 5.41) is 7.60. The highest BCUT2D eigenvalue weighted by Crippen LogP contribution is 2.20. The van der Waals surface area contributed by atoms with Gasteiger partial charge in [0.1, 0.15) is 6.10 Å². The van der Waals surface area contributed by atoms with Gasteiger partial charge in [-0.2, -0.15) is 9.40 Å². The Morgan fingerprint density at radius 2 is 2.00 bits per heavy atom. The molecule has 0 bridgehead atoms. The first-order chi connectivity index (χ1) is 10.6. The molecule has 22 heavy (non-hydrogen) atoms. The van der Waals surface area contributed by atoms with E-state index in [1.165, 1.54) is 4.31 Å². The number of benzene rings is 1. The summed E-state index contributed by atoms with van der Waals surface area (Å²) >= 11 is 0. The van der Waals surface area contributed by atoms with Gasteiger partial charge in [0.05, 0.1) is 12.3 Å². The number of hydrogen-bond donors (Lipinski definition) is 0. The van der Waals surface area contributed by atoms with E-state index in [-0.39, 0.29) is 11.9 Å². The number of rotatable bonds is 5. The lowest BCUT2D eigenvalue weighted by molar-refractivity contribution is 0.204. The van der Waals surface area contributed by atoms with Crippen molar-refractivity contribution >= 4 is 10.0 Å². The van der Waals surface area contributed by atoms with Crippen molar-refractivity contribution < 1.29 is 13.2 Å². The molecule has 116 valence electrons. The Hall–Kier alpha value is -1.99. The van der Waals surface area contributed by atoms with Crippen LogP contribution in [0.4, 0.5) is 0 Å². The van der Waals surface area contributed by atoms with Crippen LogP contribution in [0.5, 0.6) is 5.88 Å². The quantitative estimate of drug-likeness (QED) is 0.834. The fourth-order valence-corrected chi connectivity index (χ4v) is 4.02. The summed E-state index contributed by atoms with van der Waals surface area (Å²) in [6.45, 7) is 0.825. The fraction of sp³-hybridized carbons (Fsp3) is 0.333. The average molecular weight is 319 g/mol. The van der Waals surface area contributed by atoms with Gasteiger partial charge in [-0.25, -0.2) is 8.42 Å². The summed E-state index contributed by atoms with van der Waals surface area (Å²) in [6.07, 6.45) is 2.05. The number of nitrogens with zero attached hydrogens (tertiary/aromatic N) is 3. The van der Waals surface area contributed by atoms with Crippen molar-refractivity contribution in [2.45, 2.75) is 18.3 Å². The summed E-state index contributed by atoms with van der Waals surface area (Å²) in [5.41, 5.74) is 0.792. The largest absolute Gasteiger partial charge is 0.472 e. The summed E-state index contributed by atoms with van der Waals surface area (Å²) in [6, 6.07) is 12.7. The molecule has 2 heterocycles. The third kappa shape index (κ3) is 3.61. The maximum Gasteiger partial charge on any atom is 0.233 e. The van der Waals surface area contributed by atoms with Gasteiger partial charge in [0.15, 0.2) is 0 Å². The summed E-state index contributed by atoms with van der Waals surface area (Å²) < 4.78 is 32.0. The molecule has 0 spiro atoms. The number of ether oxygens (including phenoxy) is 1. The molecule has 1 aromatic heterocycles. The van der Waals surface area contributed by atoms with Gasteiger partial charge in [0, 0.05) is 18.8 Å². The molecule has 0 saturated carbocycles. The van der Waals surface area contributed by atoms with E-state index in [0.29, 0.717) is 25.4 Å². The van der Waals surface area contributed by atoms with Crippen LogP contribution in [0.2, 0.25) is 0 Å². The standard InChI is InChI=1S/C15H17N3O3S/c19-22(20,12-13-5-2-1-3-6-13)18-10-8-14(11-18)21-15-7-4-9-16-17-15/h1-7,9,14H,8,10-12H2. The van der Waals surface area contributed by atoms with Gasteiger partial charge in [-0.3, -0.25) is 0 Å². The first-order valence-electron chi connectivity index (χ1n) is 7.09. The molecule has 0 radical (unpaired) electrons. The van der Waals surface area contributed by atoms with Crippen molar-refractivity contribution in [3.8, 4) is 5.88 Å². The Bertz CT molecular complexity index is 707. The molecule has 1 aromatic carbocycles. The van der Waals surface area contributed by atoms with Crippen molar-refractivity contribution in [1.29, 1.82) is 0 Å². The molecule has 1 aliphatic heterocycles. The van der Waals surface area contributed by atoms with Gasteiger partial charge in [-0.1, -0.05) is 30.3 Å². The van der Waals surface area contributed by atoms with E-state index in [9.17, 15) is 8.42 Å². The summed E-state index contributed by atoms with van der Waals surface area (Å²) in [7, 11) is -3.32. The maximum atomic E-state index is 12.4. The molecular weight excluding hydrogens is 302 g/mol. The Labute approximate surface area is 129 Å². The van der Waals surface area contributed by atoms with Crippen molar-refractivity contribution in [2.75, 3.05) is 13.1 Å². The fourth-order valence-electron chi connectivity index (χ4n) is 2.44. The van der Waals surface area contributed by atoms with E-state index in [0.717, 1.165) is 5.56 Å². The van der Waals surface area contributed by atoms with Gasteiger partial charge in [-0.15, -0.1) is 5.10 Å². The Balaban J connectivity index is 1.62. The van der Waals surface area contributed by atoms with E-state index in [1.807, 2.05) is 30.3 Å². The van der Waals surface area contributed by atoms with Crippen LogP contribution in [-0.4, -0.2) is 42.1 Å². The predicted octanol–water partition coefficient (Wildman–Crippen LogP) is 1.46. The molecule has 6 nitrogen and oxygen atoms in total. The zero-order chi connectivity index (χ0) is 15.4. The molecule has 0 amide bonds. The van der Waals surface area contributed by atoms with Crippen molar-refractivity contribution in [1.82, 2.24) is 14.5 Å². The molecule has 2 aromatic rings. The molecular formula is C15H17N3O3S. The molecule has 1 fully saturated rings. The van der Waals surface area contributed by atoms with Crippen LogP contribution in [0.1, 0.15) is 12.0 Å². The number of aromatic nitrogens is 2. The van der Waals surface area contributed by atoms with Crippen molar-refractivity contribution in [2.24, 2.45) is 0 Å². The van der Waals surface area contributed by atoms with Crippen molar-refractivity contribution in [3.63, 3.8) is 0 Å². The van der Waals surface area contributed by atoms with Crippen LogP contribution < -0.4 is 4.74 Å². The van der Waals surface area contributed by atoms with E-state index < -0.39 is 10.0 Å². The van der Waals surface area contributed by atoms with Crippen molar-refractivity contribution in [3.05, 3.63) is 54.2 Å². The van der Waals surface area contributed by atoms with Crippen LogP contribution in [0.25, 0.3) is 0 Å². The van der Waals surface area contributed by atoms with Gasteiger partial charge < -0.3 is 4.74 Å². The average Bonchev–Trinajstić information content (AvgIpc) is 2.98. The van der Waals surface area contributed by atoms with E-state index in [1.54, 1.807) is 18.3 Å². The predicted molar refractivity (Wildman–Crippen MR) is 81.7 cm³/mol. The van der Waals surface area contributed by atoms with Crippen LogP contribution >= 0.6 is 0 Å². The monoisotopic (exact) mass is 319 g/mol. The Kier molecular flexibility index (Phi) is 4.35. The minimum atomic E-state index is -3.32. The molecule has 1 atom stereocenters. The highest BCUT2D eigenvalue weighted by Gasteiger charge is 2.32. The van der Waals surface area contributed by atoms with Crippen LogP contribution in [-0.2, 0) is 15.8 Å². The van der Waals surface area contributed by atoms with Crippen LogP contribution in [0, 0.1) is 0 Å². The van der Waals surface area contributed by atoms with Gasteiger partial charge >= 0.3 is 0 Å². The Morgan fingerprint density at radius 3 is 2.73 bits per heavy atom. The second kappa shape index (κ2) is 6.41. The van der Waals surface area contributed by atoms with Gasteiger partial charge in [0.2, 0.25) is 15.9 Å². The highest BCUT2D eigenvalue weighted by atomic mass is 32.2. The van der Waals surface area contributed by atoms with Crippen LogP contribution in [0.15, 0.2) is 48.7 Å². The van der Waals surface area contributed by atoms with Crippen LogP contribution in [0.3, 0.4) is 0 Å². The first kappa shape index (κ1) is 14.9. The summed E-state index contributed by atoms with van der Waals surface area (Å²) in [5.74, 6) is 0.445. The lowest BCUT2D eigenvalue weighted by atomic mass is 10.2. The first-order valence-corrected chi connectivity index (χ1v) is 8.70. The molecule has 0 N–H and O–H groups in total. The molecule has 1 saturated heterocycles. The summed E-state index contributed by atoms with van der Waals surface area (Å²) in [4.78, 5) is 0. The molecule has 7 heteroatoms. The topological polar surface area (TPSA) is 72.4 Å². The highest BCUT2D eigenvalue weighted by molar-refractivity contribution is 7.88. The zero-order valence-corrected chi connectivity index (χ0v) is 12.8. The van der Waals surface area contributed by atoms with Gasteiger partial charge in [0.25, 0.3) is 0 Å². The zero-order valence-electron chi connectivity index (χ0n) is 12.0. The SMILES string of the molecule is O=S(=O)(Cc1ccccc1)N1CCC(Oc2cccnn2)C1. The smallest absolute Gasteiger partial charge is 0.233 e. The van der Waals surface area contributed by atoms with Gasteiger partial charge in [-0.05, 0) is 18.1 Å². The maximum absolute atomic E-state index is 12.4. The third-order valence-corrected chi connectivity index (χ3v) is 5.34. The van der Waals surface area contributed by atoms with E-state index in [2.05, 4.69) is 10.2 Å². The molecule has 1 unspecified atom stereocenters. The second-order valence-electron chi connectivity index (χ2n) is 5.19. The molecule has 0 aliphatic carbocycles.